The van der Waals surface area contributed by atoms with Crippen LogP contribution in [0, 0.1) is 0 Å². The molecule has 0 rings (SSSR count). The van der Waals surface area contributed by atoms with Crippen LogP contribution in [0.2, 0.25) is 0 Å². The predicted octanol–water partition coefficient (Wildman–Crippen LogP) is 4.85. The highest BCUT2D eigenvalue weighted by Crippen LogP contribution is 2.41. The van der Waals surface area contributed by atoms with Gasteiger partial charge in [-0.2, -0.15) is 0 Å². The van der Waals surface area contributed by atoms with Gasteiger partial charge in [0.05, 0.1) is 0 Å². The van der Waals surface area contributed by atoms with Crippen LogP contribution in [0.5, 0.6) is 0 Å². The van der Waals surface area contributed by atoms with Gasteiger partial charge in [0.15, 0.2) is 0 Å². The molecule has 0 aromatic carbocycles. The Morgan fingerprint density at radius 2 is 1.58 bits per heavy atom. The molecular weight excluding hydrogens is 259 g/mol. The van der Waals surface area contributed by atoms with Crippen molar-refractivity contribution in [3.05, 3.63) is 36.5 Å². The van der Waals surface area contributed by atoms with E-state index in [2.05, 4.69) is 47.9 Å². The van der Waals surface area contributed by atoms with Gasteiger partial charge in [-0.15, -0.1) is 0 Å². The van der Waals surface area contributed by atoms with Crippen LogP contribution in [-0.2, 0) is 9.09 Å². The van der Waals surface area contributed by atoms with E-state index in [-0.39, 0.29) is 6.16 Å². The first-order valence-corrected chi connectivity index (χ1v) is 8.71. The van der Waals surface area contributed by atoms with Gasteiger partial charge >= 0.3 is 7.60 Å². The summed E-state index contributed by atoms with van der Waals surface area (Å²) in [5.74, 6) is 0. The molecule has 0 aromatic heterocycles. The Labute approximate surface area is 117 Å². The van der Waals surface area contributed by atoms with Crippen molar-refractivity contribution in [2.24, 2.45) is 0 Å². The molecule has 0 aliphatic carbocycles. The molecule has 1 unspecified atom stereocenters. The Morgan fingerprint density at radius 1 is 1.00 bits per heavy atom. The third-order valence-corrected chi connectivity index (χ3v) is 4.08. The maximum Gasteiger partial charge on any atom is 0.327 e. The monoisotopic (exact) mass is 286 g/mol. The molecule has 110 valence electrons. The van der Waals surface area contributed by atoms with Gasteiger partial charge in [-0.05, 0) is 38.5 Å². The number of hydrogen-bond acceptors (Lipinski definition) is 2. The highest BCUT2D eigenvalue weighted by molar-refractivity contribution is 7.52. The maximum absolute atomic E-state index is 11.2. The van der Waals surface area contributed by atoms with E-state index in [4.69, 9.17) is 0 Å². The minimum Gasteiger partial charge on any atom is -0.324 e. The summed E-state index contributed by atoms with van der Waals surface area (Å²) in [6.07, 6.45) is 18.8. The summed E-state index contributed by atoms with van der Waals surface area (Å²) in [6.45, 7) is 2.13. The molecule has 0 saturated carbocycles. The molecule has 19 heavy (non-hydrogen) atoms. The molecule has 0 saturated heterocycles. The third kappa shape index (κ3) is 13.6. The average Bonchev–Trinajstić information content (AvgIpc) is 2.40. The SMILES string of the molecule is CC/C=C\C/C=C\C/C=C\CCCCP(=O)(O)OC. The van der Waals surface area contributed by atoms with Crippen molar-refractivity contribution < 1.29 is 14.0 Å². The van der Waals surface area contributed by atoms with Crippen LogP contribution in [0.15, 0.2) is 36.5 Å². The van der Waals surface area contributed by atoms with E-state index in [0.717, 1.165) is 38.5 Å². The van der Waals surface area contributed by atoms with Gasteiger partial charge in [-0.25, -0.2) is 0 Å². The maximum atomic E-state index is 11.2. The van der Waals surface area contributed by atoms with Crippen LogP contribution in [0.4, 0.5) is 0 Å². The van der Waals surface area contributed by atoms with E-state index in [1.165, 1.54) is 7.11 Å². The molecular formula is C15H27O3P. The second-order valence-corrected chi connectivity index (χ2v) is 6.42. The van der Waals surface area contributed by atoms with Crippen molar-refractivity contribution in [1.82, 2.24) is 0 Å². The van der Waals surface area contributed by atoms with E-state index in [1.54, 1.807) is 0 Å². The highest BCUT2D eigenvalue weighted by atomic mass is 31.2. The second-order valence-electron chi connectivity index (χ2n) is 4.33. The number of hydrogen-bond donors (Lipinski definition) is 1. The van der Waals surface area contributed by atoms with Gasteiger partial charge in [0, 0.05) is 13.3 Å². The Balaban J connectivity index is 3.45. The number of allylic oxidation sites excluding steroid dienone is 6. The largest absolute Gasteiger partial charge is 0.327 e. The summed E-state index contributed by atoms with van der Waals surface area (Å²) in [7, 11) is -2.01. The molecule has 0 aliphatic rings. The fourth-order valence-corrected chi connectivity index (χ4v) is 2.30. The number of rotatable bonds is 11. The zero-order valence-electron chi connectivity index (χ0n) is 12.1. The van der Waals surface area contributed by atoms with Crippen LogP contribution in [0.3, 0.4) is 0 Å². The summed E-state index contributed by atoms with van der Waals surface area (Å²) in [6, 6.07) is 0. The molecule has 0 spiro atoms. The summed E-state index contributed by atoms with van der Waals surface area (Å²) in [4.78, 5) is 9.19. The van der Waals surface area contributed by atoms with E-state index in [1.807, 2.05) is 0 Å². The van der Waals surface area contributed by atoms with Crippen LogP contribution in [0.25, 0.3) is 0 Å². The van der Waals surface area contributed by atoms with Crippen molar-refractivity contribution in [3.8, 4) is 0 Å². The van der Waals surface area contributed by atoms with E-state index >= 15 is 0 Å². The van der Waals surface area contributed by atoms with Crippen LogP contribution < -0.4 is 0 Å². The minimum atomic E-state index is -3.29. The minimum absolute atomic E-state index is 0.251. The molecule has 0 radical (unpaired) electrons. The molecule has 3 nitrogen and oxygen atoms in total. The topological polar surface area (TPSA) is 46.5 Å². The molecule has 0 heterocycles. The standard InChI is InChI=1S/C15H27O3P/c1-3-4-5-6-7-8-9-10-11-12-13-14-15-19(16,17)18-2/h4-5,7-8,10-11H,3,6,9,12-15H2,1-2H3,(H,16,17)/b5-4-,8-7-,11-10-. The van der Waals surface area contributed by atoms with E-state index in [9.17, 15) is 9.46 Å². The van der Waals surface area contributed by atoms with Crippen LogP contribution in [-0.4, -0.2) is 18.2 Å². The number of unbranched alkanes of at least 4 members (excludes halogenated alkanes) is 2. The van der Waals surface area contributed by atoms with Gasteiger partial charge in [0.25, 0.3) is 0 Å². The molecule has 0 fully saturated rings. The lowest BCUT2D eigenvalue weighted by Gasteiger charge is -2.06. The average molecular weight is 286 g/mol. The van der Waals surface area contributed by atoms with Crippen molar-refractivity contribution in [1.29, 1.82) is 0 Å². The van der Waals surface area contributed by atoms with Crippen LogP contribution >= 0.6 is 7.60 Å². The molecule has 1 atom stereocenters. The molecule has 0 aliphatic heterocycles. The zero-order valence-corrected chi connectivity index (χ0v) is 13.0. The molecule has 0 aromatic rings. The zero-order chi connectivity index (χ0) is 14.4. The first-order chi connectivity index (χ1) is 9.12. The van der Waals surface area contributed by atoms with Gasteiger partial charge in [-0.1, -0.05) is 43.4 Å². The van der Waals surface area contributed by atoms with Crippen molar-refractivity contribution in [3.63, 3.8) is 0 Å². The molecule has 4 heteroatoms. The fourth-order valence-electron chi connectivity index (χ4n) is 1.49. The lowest BCUT2D eigenvalue weighted by atomic mass is 10.2. The normalized spacial score (nSPS) is 15.7. The smallest absolute Gasteiger partial charge is 0.324 e. The van der Waals surface area contributed by atoms with E-state index < -0.39 is 7.60 Å². The Hall–Kier alpha value is -0.630. The lowest BCUT2D eigenvalue weighted by molar-refractivity contribution is 0.314. The van der Waals surface area contributed by atoms with Gasteiger partial charge < -0.3 is 9.42 Å². The fraction of sp³-hybridized carbons (Fsp3) is 0.600. The lowest BCUT2D eigenvalue weighted by Crippen LogP contribution is -1.90. The Morgan fingerprint density at radius 3 is 2.16 bits per heavy atom. The van der Waals surface area contributed by atoms with E-state index in [0.29, 0.717) is 0 Å². The summed E-state index contributed by atoms with van der Waals surface area (Å²) in [5, 5.41) is 0. The van der Waals surface area contributed by atoms with Crippen molar-refractivity contribution >= 4 is 7.60 Å². The van der Waals surface area contributed by atoms with Gasteiger partial charge in [-0.3, -0.25) is 4.57 Å². The first-order valence-electron chi connectivity index (χ1n) is 6.95. The molecule has 0 amide bonds. The molecule has 1 N–H and O–H groups in total. The predicted molar refractivity (Wildman–Crippen MR) is 82.5 cm³/mol. The summed E-state index contributed by atoms with van der Waals surface area (Å²) < 4.78 is 15.7. The van der Waals surface area contributed by atoms with Crippen LogP contribution in [0.1, 0.15) is 45.4 Å². The van der Waals surface area contributed by atoms with Gasteiger partial charge in [0.2, 0.25) is 0 Å². The second kappa shape index (κ2) is 12.4. The Bertz CT molecular complexity index is 332. The van der Waals surface area contributed by atoms with Crippen molar-refractivity contribution in [2.75, 3.05) is 13.3 Å². The van der Waals surface area contributed by atoms with Gasteiger partial charge in [0.1, 0.15) is 0 Å². The Kier molecular flexibility index (Phi) is 12.0. The van der Waals surface area contributed by atoms with Crippen molar-refractivity contribution in [2.45, 2.75) is 45.4 Å². The highest BCUT2D eigenvalue weighted by Gasteiger charge is 2.14. The summed E-state index contributed by atoms with van der Waals surface area (Å²) in [5.41, 5.74) is 0. The summed E-state index contributed by atoms with van der Waals surface area (Å²) >= 11 is 0. The molecule has 0 bridgehead atoms. The quantitative estimate of drug-likeness (QED) is 0.335. The third-order valence-electron chi connectivity index (χ3n) is 2.63. The first kappa shape index (κ1) is 18.4.